The molecule has 0 unspecified atom stereocenters. The summed E-state index contributed by atoms with van der Waals surface area (Å²) in [6.07, 6.45) is 5.64. The first-order valence-electron chi connectivity index (χ1n) is 6.52. The first kappa shape index (κ1) is 14.9. The van der Waals surface area contributed by atoms with E-state index in [1.165, 1.54) is 10.6 Å². The van der Waals surface area contributed by atoms with Crippen LogP contribution in [0.15, 0.2) is 24.5 Å². The largest absolute Gasteiger partial charge is 0.314 e. The van der Waals surface area contributed by atoms with Gasteiger partial charge in [-0.2, -0.15) is 0 Å². The van der Waals surface area contributed by atoms with Crippen LogP contribution in [0.2, 0.25) is 0 Å². The maximum atomic E-state index is 12.4. The molecule has 1 amide bonds. The van der Waals surface area contributed by atoms with Crippen LogP contribution in [0.25, 0.3) is 0 Å². The molecule has 7 heteroatoms. The normalized spacial score (nSPS) is 17.9. The van der Waals surface area contributed by atoms with E-state index in [1.54, 1.807) is 30.4 Å². The highest BCUT2D eigenvalue weighted by Gasteiger charge is 2.30. The van der Waals surface area contributed by atoms with Crippen LogP contribution in [-0.4, -0.2) is 50.0 Å². The van der Waals surface area contributed by atoms with Crippen molar-refractivity contribution in [2.24, 2.45) is 5.92 Å². The monoisotopic (exact) mass is 297 g/mol. The van der Waals surface area contributed by atoms with Gasteiger partial charge in [-0.05, 0) is 25.0 Å². The molecule has 1 aromatic rings. The zero-order chi connectivity index (χ0) is 14.8. The Morgan fingerprint density at radius 3 is 2.55 bits per heavy atom. The average Bonchev–Trinajstić information content (AvgIpc) is 2.46. The molecule has 0 bridgehead atoms. The van der Waals surface area contributed by atoms with E-state index in [4.69, 9.17) is 0 Å². The fraction of sp³-hybridized carbons (Fsp3) is 0.538. The van der Waals surface area contributed by atoms with Gasteiger partial charge in [-0.3, -0.25) is 9.78 Å². The molecule has 0 spiro atoms. The Morgan fingerprint density at radius 1 is 1.40 bits per heavy atom. The van der Waals surface area contributed by atoms with Gasteiger partial charge >= 0.3 is 0 Å². The lowest BCUT2D eigenvalue weighted by atomic mass is 9.96. The van der Waals surface area contributed by atoms with Crippen molar-refractivity contribution in [1.82, 2.24) is 9.29 Å². The Morgan fingerprint density at radius 2 is 2.05 bits per heavy atom. The number of pyridine rings is 1. The Bertz CT molecular complexity index is 566. The zero-order valence-electron chi connectivity index (χ0n) is 11.7. The minimum absolute atomic E-state index is 0.0196. The van der Waals surface area contributed by atoms with Crippen molar-refractivity contribution in [3.63, 3.8) is 0 Å². The van der Waals surface area contributed by atoms with Crippen molar-refractivity contribution >= 4 is 21.6 Å². The summed E-state index contributed by atoms with van der Waals surface area (Å²) in [5, 5.41) is 0. The van der Waals surface area contributed by atoms with Gasteiger partial charge in [0.1, 0.15) is 0 Å². The summed E-state index contributed by atoms with van der Waals surface area (Å²) in [5.74, 6) is -0.107. The SMILES string of the molecule is CN(C(=O)C1CCN(S(C)(=O)=O)CC1)c1cccnc1. The number of amides is 1. The molecular formula is C13H19N3O3S. The van der Waals surface area contributed by atoms with Crippen molar-refractivity contribution < 1.29 is 13.2 Å². The van der Waals surface area contributed by atoms with E-state index < -0.39 is 10.0 Å². The maximum absolute atomic E-state index is 12.4. The molecule has 0 saturated carbocycles. The number of anilines is 1. The number of hydrogen-bond donors (Lipinski definition) is 0. The molecule has 1 aliphatic heterocycles. The number of hydrogen-bond acceptors (Lipinski definition) is 4. The van der Waals surface area contributed by atoms with Gasteiger partial charge in [-0.1, -0.05) is 0 Å². The Hall–Kier alpha value is -1.47. The quantitative estimate of drug-likeness (QED) is 0.824. The second kappa shape index (κ2) is 5.88. The molecule has 110 valence electrons. The first-order valence-corrected chi connectivity index (χ1v) is 8.37. The van der Waals surface area contributed by atoms with E-state index in [0.717, 1.165) is 5.69 Å². The van der Waals surface area contributed by atoms with E-state index >= 15 is 0 Å². The third-order valence-electron chi connectivity index (χ3n) is 3.64. The van der Waals surface area contributed by atoms with Crippen LogP contribution < -0.4 is 4.90 Å². The van der Waals surface area contributed by atoms with Crippen molar-refractivity contribution in [3.05, 3.63) is 24.5 Å². The lowest BCUT2D eigenvalue weighted by Gasteiger charge is -2.31. The molecule has 0 aliphatic carbocycles. The molecule has 0 aromatic carbocycles. The molecule has 0 radical (unpaired) electrons. The minimum atomic E-state index is -3.15. The van der Waals surface area contributed by atoms with Gasteiger partial charge in [0.05, 0.1) is 18.1 Å². The van der Waals surface area contributed by atoms with Crippen molar-refractivity contribution in [2.75, 3.05) is 31.3 Å². The average molecular weight is 297 g/mol. The predicted molar refractivity (Wildman–Crippen MR) is 76.8 cm³/mol. The Balaban J connectivity index is 1.99. The molecule has 1 aromatic heterocycles. The highest BCUT2D eigenvalue weighted by Crippen LogP contribution is 2.23. The summed E-state index contributed by atoms with van der Waals surface area (Å²) in [5.41, 5.74) is 0.753. The summed E-state index contributed by atoms with van der Waals surface area (Å²) in [6.45, 7) is 0.826. The van der Waals surface area contributed by atoms with Gasteiger partial charge in [0.25, 0.3) is 0 Å². The highest BCUT2D eigenvalue weighted by atomic mass is 32.2. The highest BCUT2D eigenvalue weighted by molar-refractivity contribution is 7.88. The van der Waals surface area contributed by atoms with Crippen LogP contribution in [0.4, 0.5) is 5.69 Å². The number of aromatic nitrogens is 1. The Labute approximate surface area is 119 Å². The van der Waals surface area contributed by atoms with Gasteiger partial charge < -0.3 is 4.90 Å². The summed E-state index contributed by atoms with van der Waals surface area (Å²) in [7, 11) is -1.42. The van der Waals surface area contributed by atoms with E-state index in [0.29, 0.717) is 25.9 Å². The van der Waals surface area contributed by atoms with E-state index in [-0.39, 0.29) is 11.8 Å². The third-order valence-corrected chi connectivity index (χ3v) is 4.94. The van der Waals surface area contributed by atoms with Crippen LogP contribution in [0.1, 0.15) is 12.8 Å². The van der Waals surface area contributed by atoms with E-state index in [1.807, 2.05) is 6.07 Å². The van der Waals surface area contributed by atoms with Crippen LogP contribution in [0, 0.1) is 5.92 Å². The topological polar surface area (TPSA) is 70.6 Å². The molecule has 0 atom stereocenters. The first-order chi connectivity index (χ1) is 9.39. The molecule has 1 fully saturated rings. The maximum Gasteiger partial charge on any atom is 0.229 e. The van der Waals surface area contributed by atoms with Gasteiger partial charge in [0.2, 0.25) is 15.9 Å². The fourth-order valence-electron chi connectivity index (χ4n) is 2.39. The minimum Gasteiger partial charge on any atom is -0.314 e. The molecule has 0 N–H and O–H groups in total. The molecule has 2 rings (SSSR count). The number of carbonyl (C=O) groups excluding carboxylic acids is 1. The van der Waals surface area contributed by atoms with Crippen LogP contribution in [0.5, 0.6) is 0 Å². The van der Waals surface area contributed by atoms with Crippen molar-refractivity contribution in [3.8, 4) is 0 Å². The third kappa shape index (κ3) is 3.34. The summed E-state index contributed by atoms with van der Waals surface area (Å²) in [4.78, 5) is 18.0. The predicted octanol–water partition coefficient (Wildman–Crippen LogP) is 0.716. The second-order valence-corrected chi connectivity index (χ2v) is 7.03. The van der Waals surface area contributed by atoms with Gasteiger partial charge in [-0.25, -0.2) is 12.7 Å². The second-order valence-electron chi connectivity index (χ2n) is 5.04. The van der Waals surface area contributed by atoms with Gasteiger partial charge in [0.15, 0.2) is 0 Å². The number of piperidine rings is 1. The van der Waals surface area contributed by atoms with Crippen LogP contribution in [0.3, 0.4) is 0 Å². The standard InChI is InChI=1S/C13H19N3O3S/c1-15(12-4-3-7-14-10-12)13(17)11-5-8-16(9-6-11)20(2,18)19/h3-4,7,10-11H,5-6,8-9H2,1-2H3. The van der Waals surface area contributed by atoms with Gasteiger partial charge in [-0.15, -0.1) is 0 Å². The smallest absolute Gasteiger partial charge is 0.229 e. The van der Waals surface area contributed by atoms with Crippen LogP contribution in [-0.2, 0) is 14.8 Å². The van der Waals surface area contributed by atoms with Crippen LogP contribution >= 0.6 is 0 Å². The number of rotatable bonds is 3. The Kier molecular flexibility index (Phi) is 4.39. The molecule has 1 saturated heterocycles. The molecule has 1 aliphatic rings. The summed E-state index contributed by atoms with van der Waals surface area (Å²) in [6, 6.07) is 3.61. The van der Waals surface area contributed by atoms with Gasteiger partial charge in [0, 0.05) is 32.3 Å². The number of sulfonamides is 1. The molecule has 2 heterocycles. The molecular weight excluding hydrogens is 278 g/mol. The van der Waals surface area contributed by atoms with E-state index in [2.05, 4.69) is 4.98 Å². The summed E-state index contributed by atoms with van der Waals surface area (Å²) < 4.78 is 24.3. The fourth-order valence-corrected chi connectivity index (χ4v) is 3.26. The number of carbonyl (C=O) groups is 1. The summed E-state index contributed by atoms with van der Waals surface area (Å²) >= 11 is 0. The zero-order valence-corrected chi connectivity index (χ0v) is 12.5. The molecule has 6 nitrogen and oxygen atoms in total. The van der Waals surface area contributed by atoms with E-state index in [9.17, 15) is 13.2 Å². The number of nitrogens with zero attached hydrogens (tertiary/aromatic N) is 3. The lowest BCUT2D eigenvalue weighted by Crippen LogP contribution is -2.43. The van der Waals surface area contributed by atoms with Crippen molar-refractivity contribution in [2.45, 2.75) is 12.8 Å². The molecule has 20 heavy (non-hydrogen) atoms. The lowest BCUT2D eigenvalue weighted by molar-refractivity contribution is -0.123. The van der Waals surface area contributed by atoms with Crippen molar-refractivity contribution in [1.29, 1.82) is 0 Å².